The van der Waals surface area contributed by atoms with Crippen LogP contribution >= 0.6 is 0 Å². The molecule has 0 amide bonds. The van der Waals surface area contributed by atoms with Crippen LogP contribution in [0.5, 0.6) is 0 Å². The van der Waals surface area contributed by atoms with Gasteiger partial charge in [0, 0.05) is 13.2 Å². The number of carboxylic acid groups (broad SMARTS) is 1. The fraction of sp³-hybridized carbons (Fsp3) is 0.929. The van der Waals surface area contributed by atoms with Gasteiger partial charge in [0.25, 0.3) is 0 Å². The van der Waals surface area contributed by atoms with Gasteiger partial charge in [-0.05, 0) is 37.5 Å². The maximum atomic E-state index is 11.2. The highest BCUT2D eigenvalue weighted by atomic mass is 16.5. The number of aliphatic carboxylic acids is 1. The molecule has 0 spiro atoms. The Morgan fingerprint density at radius 3 is 2.35 bits per heavy atom. The quantitative estimate of drug-likeness (QED) is 0.664. The molecule has 1 rings (SSSR count). The highest BCUT2D eigenvalue weighted by molar-refractivity contribution is 5.70. The van der Waals surface area contributed by atoms with Gasteiger partial charge in [-0.15, -0.1) is 0 Å². The Kier molecular flexibility index (Phi) is 6.56. The lowest BCUT2D eigenvalue weighted by atomic mass is 9.88. The third-order valence-electron chi connectivity index (χ3n) is 3.70. The molecule has 1 aliphatic carbocycles. The molecule has 1 saturated carbocycles. The van der Waals surface area contributed by atoms with Gasteiger partial charge in [0.05, 0.1) is 5.92 Å². The molecule has 3 nitrogen and oxygen atoms in total. The fourth-order valence-corrected chi connectivity index (χ4v) is 2.55. The number of rotatable bonds is 8. The number of ether oxygens (including phenoxy) is 1. The van der Waals surface area contributed by atoms with E-state index in [9.17, 15) is 9.90 Å². The standard InChI is InChI=1S/C14H26O3/c1-11(2)7-9-17-10-8-13(14(15)16)12-5-3-4-6-12/h11-13H,3-10H2,1-2H3,(H,15,16). The SMILES string of the molecule is CC(C)CCOCCC(C(=O)O)C1CCCC1. The van der Waals surface area contributed by atoms with Gasteiger partial charge in [-0.2, -0.15) is 0 Å². The van der Waals surface area contributed by atoms with E-state index in [1.807, 2.05) is 0 Å². The molecular weight excluding hydrogens is 216 g/mol. The van der Waals surface area contributed by atoms with Crippen molar-refractivity contribution < 1.29 is 14.6 Å². The second kappa shape index (κ2) is 7.70. The summed E-state index contributed by atoms with van der Waals surface area (Å²) in [5.74, 6) is 0.224. The maximum Gasteiger partial charge on any atom is 0.306 e. The zero-order valence-electron chi connectivity index (χ0n) is 11.2. The summed E-state index contributed by atoms with van der Waals surface area (Å²) in [7, 11) is 0. The van der Waals surface area contributed by atoms with Crippen LogP contribution in [0.3, 0.4) is 0 Å². The highest BCUT2D eigenvalue weighted by Gasteiger charge is 2.29. The van der Waals surface area contributed by atoms with Crippen molar-refractivity contribution in [2.75, 3.05) is 13.2 Å². The molecule has 0 aromatic heterocycles. The molecule has 0 heterocycles. The topological polar surface area (TPSA) is 46.5 Å². The van der Waals surface area contributed by atoms with Gasteiger partial charge in [0.2, 0.25) is 0 Å². The summed E-state index contributed by atoms with van der Waals surface area (Å²) < 4.78 is 5.52. The van der Waals surface area contributed by atoms with E-state index in [2.05, 4.69) is 13.8 Å². The smallest absolute Gasteiger partial charge is 0.306 e. The van der Waals surface area contributed by atoms with Gasteiger partial charge in [-0.1, -0.05) is 26.7 Å². The number of hydrogen-bond acceptors (Lipinski definition) is 2. The Morgan fingerprint density at radius 2 is 1.82 bits per heavy atom. The van der Waals surface area contributed by atoms with E-state index in [4.69, 9.17) is 4.74 Å². The monoisotopic (exact) mass is 242 g/mol. The maximum absolute atomic E-state index is 11.2. The molecule has 0 radical (unpaired) electrons. The number of hydrogen-bond donors (Lipinski definition) is 1. The Balaban J connectivity index is 2.18. The Labute approximate surface area is 105 Å². The molecule has 1 aliphatic rings. The van der Waals surface area contributed by atoms with Crippen molar-refractivity contribution in [3.63, 3.8) is 0 Å². The molecule has 1 unspecified atom stereocenters. The predicted molar refractivity (Wildman–Crippen MR) is 68.0 cm³/mol. The van der Waals surface area contributed by atoms with Gasteiger partial charge in [0.15, 0.2) is 0 Å². The molecule has 3 heteroatoms. The van der Waals surface area contributed by atoms with Crippen LogP contribution in [0.15, 0.2) is 0 Å². The first-order chi connectivity index (χ1) is 8.11. The van der Waals surface area contributed by atoms with Gasteiger partial charge in [0.1, 0.15) is 0 Å². The van der Waals surface area contributed by atoms with E-state index in [-0.39, 0.29) is 5.92 Å². The van der Waals surface area contributed by atoms with E-state index in [1.54, 1.807) is 0 Å². The van der Waals surface area contributed by atoms with E-state index in [0.29, 0.717) is 24.9 Å². The summed E-state index contributed by atoms with van der Waals surface area (Å²) in [6.07, 6.45) is 6.30. The number of carbonyl (C=O) groups is 1. The summed E-state index contributed by atoms with van der Waals surface area (Å²) >= 11 is 0. The van der Waals surface area contributed by atoms with E-state index in [1.165, 1.54) is 12.8 Å². The Hall–Kier alpha value is -0.570. The Bertz CT molecular complexity index is 220. The van der Waals surface area contributed by atoms with Crippen molar-refractivity contribution in [2.45, 2.75) is 52.4 Å². The lowest BCUT2D eigenvalue weighted by Gasteiger charge is -2.19. The second-order valence-corrected chi connectivity index (χ2v) is 5.57. The fourth-order valence-electron chi connectivity index (χ4n) is 2.55. The zero-order chi connectivity index (χ0) is 12.7. The Morgan fingerprint density at radius 1 is 1.24 bits per heavy atom. The minimum atomic E-state index is -0.635. The molecule has 0 aliphatic heterocycles. The van der Waals surface area contributed by atoms with Gasteiger partial charge < -0.3 is 9.84 Å². The van der Waals surface area contributed by atoms with Crippen LogP contribution in [0.1, 0.15) is 52.4 Å². The molecule has 0 aromatic carbocycles. The zero-order valence-corrected chi connectivity index (χ0v) is 11.2. The molecule has 0 bridgehead atoms. The van der Waals surface area contributed by atoms with Crippen LogP contribution < -0.4 is 0 Å². The van der Waals surface area contributed by atoms with Crippen molar-refractivity contribution in [1.29, 1.82) is 0 Å². The lowest BCUT2D eigenvalue weighted by Crippen LogP contribution is -2.23. The third kappa shape index (κ3) is 5.53. The van der Waals surface area contributed by atoms with Gasteiger partial charge >= 0.3 is 5.97 Å². The van der Waals surface area contributed by atoms with E-state index < -0.39 is 5.97 Å². The van der Waals surface area contributed by atoms with Crippen molar-refractivity contribution in [3.8, 4) is 0 Å². The van der Waals surface area contributed by atoms with E-state index in [0.717, 1.165) is 25.9 Å². The van der Waals surface area contributed by atoms with Crippen LogP contribution in [0.4, 0.5) is 0 Å². The number of carboxylic acids is 1. The molecule has 17 heavy (non-hydrogen) atoms. The molecule has 1 fully saturated rings. The predicted octanol–water partition coefficient (Wildman–Crippen LogP) is 3.33. The van der Waals surface area contributed by atoms with Crippen LogP contribution in [0, 0.1) is 17.8 Å². The minimum absolute atomic E-state index is 0.184. The summed E-state index contributed by atoms with van der Waals surface area (Å²) in [6.45, 7) is 5.69. The summed E-state index contributed by atoms with van der Waals surface area (Å²) in [5.41, 5.74) is 0. The molecular formula is C14H26O3. The van der Waals surface area contributed by atoms with Crippen molar-refractivity contribution >= 4 is 5.97 Å². The average molecular weight is 242 g/mol. The average Bonchev–Trinajstić information content (AvgIpc) is 2.75. The van der Waals surface area contributed by atoms with Crippen LogP contribution in [-0.2, 0) is 9.53 Å². The minimum Gasteiger partial charge on any atom is -0.481 e. The summed E-state index contributed by atoms with van der Waals surface area (Å²) in [6, 6.07) is 0. The van der Waals surface area contributed by atoms with Crippen molar-refractivity contribution in [1.82, 2.24) is 0 Å². The van der Waals surface area contributed by atoms with E-state index >= 15 is 0 Å². The van der Waals surface area contributed by atoms with Gasteiger partial charge in [-0.25, -0.2) is 0 Å². The summed E-state index contributed by atoms with van der Waals surface area (Å²) in [5, 5.41) is 9.22. The normalized spacial score (nSPS) is 18.8. The van der Waals surface area contributed by atoms with Crippen molar-refractivity contribution in [3.05, 3.63) is 0 Å². The molecule has 0 aromatic rings. The van der Waals surface area contributed by atoms with Gasteiger partial charge in [-0.3, -0.25) is 4.79 Å². The molecule has 1 atom stereocenters. The highest BCUT2D eigenvalue weighted by Crippen LogP contribution is 2.33. The summed E-state index contributed by atoms with van der Waals surface area (Å²) in [4.78, 5) is 11.2. The largest absolute Gasteiger partial charge is 0.481 e. The van der Waals surface area contributed by atoms with Crippen LogP contribution in [0.25, 0.3) is 0 Å². The lowest BCUT2D eigenvalue weighted by molar-refractivity contribution is -0.144. The third-order valence-corrected chi connectivity index (χ3v) is 3.70. The van der Waals surface area contributed by atoms with Crippen LogP contribution in [-0.4, -0.2) is 24.3 Å². The molecule has 100 valence electrons. The molecule has 0 saturated heterocycles. The first-order valence-corrected chi connectivity index (χ1v) is 6.91. The first-order valence-electron chi connectivity index (χ1n) is 6.91. The van der Waals surface area contributed by atoms with Crippen LogP contribution in [0.2, 0.25) is 0 Å². The first kappa shape index (κ1) is 14.5. The second-order valence-electron chi connectivity index (χ2n) is 5.57. The molecule has 1 N–H and O–H groups in total. The van der Waals surface area contributed by atoms with Crippen molar-refractivity contribution in [2.24, 2.45) is 17.8 Å².